The summed E-state index contributed by atoms with van der Waals surface area (Å²) in [5.41, 5.74) is 8.42. The monoisotopic (exact) mass is 262 g/mol. The Bertz CT molecular complexity index is 548. The molecule has 0 spiro atoms. The lowest BCUT2D eigenvalue weighted by atomic mass is 10.1. The van der Waals surface area contributed by atoms with Gasteiger partial charge in [0, 0.05) is 6.54 Å². The molecule has 0 saturated carbocycles. The molecule has 0 amide bonds. The number of hydrogen-bond acceptors (Lipinski definition) is 3. The standard InChI is InChI=1S/C14H19FN4/c1-10(2)6-14-13(8-16)17-18-19(14)9-11-4-3-5-12(15)7-11/h3-5,7,10H,6,8-9,16H2,1-2H3. The van der Waals surface area contributed by atoms with Gasteiger partial charge in [-0.2, -0.15) is 0 Å². The summed E-state index contributed by atoms with van der Waals surface area (Å²) in [6.45, 7) is 5.18. The summed E-state index contributed by atoms with van der Waals surface area (Å²) in [6, 6.07) is 6.54. The smallest absolute Gasteiger partial charge is 0.123 e. The second-order valence-corrected chi connectivity index (χ2v) is 5.07. The summed E-state index contributed by atoms with van der Waals surface area (Å²) in [5, 5.41) is 8.23. The lowest BCUT2D eigenvalue weighted by Crippen LogP contribution is -2.11. The van der Waals surface area contributed by atoms with Crippen molar-refractivity contribution in [1.29, 1.82) is 0 Å². The van der Waals surface area contributed by atoms with E-state index in [1.807, 2.05) is 10.7 Å². The molecule has 0 aliphatic heterocycles. The van der Waals surface area contributed by atoms with Gasteiger partial charge < -0.3 is 5.73 Å². The van der Waals surface area contributed by atoms with E-state index in [9.17, 15) is 4.39 Å². The summed E-state index contributed by atoms with van der Waals surface area (Å²) in [7, 11) is 0. The average Bonchev–Trinajstić information content (AvgIpc) is 2.71. The number of nitrogens with zero attached hydrogens (tertiary/aromatic N) is 3. The molecule has 102 valence electrons. The molecule has 2 N–H and O–H groups in total. The van der Waals surface area contributed by atoms with Crippen molar-refractivity contribution in [3.05, 3.63) is 47.0 Å². The second kappa shape index (κ2) is 5.93. The van der Waals surface area contributed by atoms with Gasteiger partial charge in [0.15, 0.2) is 0 Å². The third kappa shape index (κ3) is 3.38. The van der Waals surface area contributed by atoms with Crippen LogP contribution in [-0.2, 0) is 19.5 Å². The summed E-state index contributed by atoms with van der Waals surface area (Å²) >= 11 is 0. The molecule has 1 aromatic heterocycles. The Morgan fingerprint density at radius 2 is 2.16 bits per heavy atom. The van der Waals surface area contributed by atoms with Gasteiger partial charge >= 0.3 is 0 Å². The predicted molar refractivity (Wildman–Crippen MR) is 72.0 cm³/mol. The molecule has 2 aromatic rings. The van der Waals surface area contributed by atoms with Crippen molar-refractivity contribution in [2.45, 2.75) is 33.4 Å². The maximum absolute atomic E-state index is 13.2. The topological polar surface area (TPSA) is 56.7 Å². The lowest BCUT2D eigenvalue weighted by molar-refractivity contribution is 0.560. The SMILES string of the molecule is CC(C)Cc1c(CN)nnn1Cc1cccc(F)c1. The van der Waals surface area contributed by atoms with Crippen LogP contribution in [-0.4, -0.2) is 15.0 Å². The molecule has 0 unspecified atom stereocenters. The van der Waals surface area contributed by atoms with Gasteiger partial charge in [0.25, 0.3) is 0 Å². The fourth-order valence-corrected chi connectivity index (χ4v) is 2.07. The minimum atomic E-state index is -0.234. The van der Waals surface area contributed by atoms with E-state index >= 15 is 0 Å². The van der Waals surface area contributed by atoms with Crippen molar-refractivity contribution < 1.29 is 4.39 Å². The lowest BCUT2D eigenvalue weighted by Gasteiger charge is -2.10. The van der Waals surface area contributed by atoms with E-state index in [1.54, 1.807) is 6.07 Å². The van der Waals surface area contributed by atoms with Crippen LogP contribution in [0.1, 0.15) is 30.8 Å². The van der Waals surface area contributed by atoms with Crippen LogP contribution >= 0.6 is 0 Å². The van der Waals surface area contributed by atoms with Crippen LogP contribution in [0.2, 0.25) is 0 Å². The molecule has 1 heterocycles. The van der Waals surface area contributed by atoms with Crippen molar-refractivity contribution in [3.8, 4) is 0 Å². The first kappa shape index (κ1) is 13.7. The molecule has 4 nitrogen and oxygen atoms in total. The first-order valence-electron chi connectivity index (χ1n) is 6.46. The summed E-state index contributed by atoms with van der Waals surface area (Å²) in [5.74, 6) is 0.261. The fourth-order valence-electron chi connectivity index (χ4n) is 2.07. The third-order valence-electron chi connectivity index (χ3n) is 2.93. The number of rotatable bonds is 5. The molecule has 0 fully saturated rings. The van der Waals surface area contributed by atoms with Crippen LogP contribution in [0.3, 0.4) is 0 Å². The summed E-state index contributed by atoms with van der Waals surface area (Å²) < 4.78 is 15.0. The van der Waals surface area contributed by atoms with Crippen LogP contribution in [0.4, 0.5) is 4.39 Å². The largest absolute Gasteiger partial charge is 0.325 e. The van der Waals surface area contributed by atoms with Crippen molar-refractivity contribution in [2.24, 2.45) is 11.7 Å². The molecule has 19 heavy (non-hydrogen) atoms. The van der Waals surface area contributed by atoms with Crippen molar-refractivity contribution in [1.82, 2.24) is 15.0 Å². The number of benzene rings is 1. The Labute approximate surface area is 112 Å². The summed E-state index contributed by atoms with van der Waals surface area (Å²) in [4.78, 5) is 0. The molecule has 5 heteroatoms. The first-order chi connectivity index (χ1) is 9.10. The zero-order chi connectivity index (χ0) is 13.8. The van der Waals surface area contributed by atoms with E-state index in [1.165, 1.54) is 12.1 Å². The Balaban J connectivity index is 2.27. The van der Waals surface area contributed by atoms with Crippen molar-refractivity contribution in [2.75, 3.05) is 0 Å². The van der Waals surface area contributed by atoms with Crippen LogP contribution < -0.4 is 5.73 Å². The first-order valence-corrected chi connectivity index (χ1v) is 6.46. The highest BCUT2D eigenvalue weighted by atomic mass is 19.1. The molecule has 0 radical (unpaired) electrons. The molecule has 0 atom stereocenters. The van der Waals surface area contributed by atoms with E-state index in [0.29, 0.717) is 19.0 Å². The maximum Gasteiger partial charge on any atom is 0.123 e. The van der Waals surface area contributed by atoms with Gasteiger partial charge in [-0.15, -0.1) is 5.10 Å². The van der Waals surface area contributed by atoms with Crippen LogP contribution in [0, 0.1) is 11.7 Å². The summed E-state index contributed by atoms with van der Waals surface area (Å²) in [6.07, 6.45) is 0.870. The number of hydrogen-bond donors (Lipinski definition) is 1. The van der Waals surface area contributed by atoms with Gasteiger partial charge in [0.2, 0.25) is 0 Å². The van der Waals surface area contributed by atoms with E-state index in [4.69, 9.17) is 5.73 Å². The van der Waals surface area contributed by atoms with E-state index in [-0.39, 0.29) is 5.82 Å². The maximum atomic E-state index is 13.2. The average molecular weight is 262 g/mol. The highest BCUT2D eigenvalue weighted by Crippen LogP contribution is 2.14. The van der Waals surface area contributed by atoms with Gasteiger partial charge in [-0.3, -0.25) is 0 Å². The number of halogens is 1. The highest BCUT2D eigenvalue weighted by Gasteiger charge is 2.13. The Kier molecular flexibility index (Phi) is 4.27. The molecule has 0 bridgehead atoms. The number of aromatic nitrogens is 3. The molecular weight excluding hydrogens is 243 g/mol. The van der Waals surface area contributed by atoms with Gasteiger partial charge in [0.05, 0.1) is 17.9 Å². The molecule has 0 aliphatic carbocycles. The predicted octanol–water partition coefficient (Wildman–Crippen LogP) is 2.12. The molecule has 2 rings (SSSR count). The van der Waals surface area contributed by atoms with Gasteiger partial charge in [-0.1, -0.05) is 31.2 Å². The van der Waals surface area contributed by atoms with E-state index < -0.39 is 0 Å². The Morgan fingerprint density at radius 1 is 1.37 bits per heavy atom. The second-order valence-electron chi connectivity index (χ2n) is 5.07. The van der Waals surface area contributed by atoms with Gasteiger partial charge in [0.1, 0.15) is 5.82 Å². The minimum Gasteiger partial charge on any atom is -0.325 e. The normalized spacial score (nSPS) is 11.2. The zero-order valence-corrected chi connectivity index (χ0v) is 11.3. The van der Waals surface area contributed by atoms with Crippen LogP contribution in [0.5, 0.6) is 0 Å². The molecule has 1 aromatic carbocycles. The highest BCUT2D eigenvalue weighted by molar-refractivity contribution is 5.18. The van der Waals surface area contributed by atoms with Gasteiger partial charge in [-0.25, -0.2) is 9.07 Å². The van der Waals surface area contributed by atoms with E-state index in [2.05, 4.69) is 24.2 Å². The van der Waals surface area contributed by atoms with Crippen molar-refractivity contribution >= 4 is 0 Å². The Morgan fingerprint density at radius 3 is 2.79 bits per heavy atom. The quantitative estimate of drug-likeness (QED) is 0.898. The fraction of sp³-hybridized carbons (Fsp3) is 0.429. The number of nitrogens with two attached hydrogens (primary N) is 1. The molecule has 0 saturated heterocycles. The minimum absolute atomic E-state index is 0.234. The van der Waals surface area contributed by atoms with Gasteiger partial charge in [-0.05, 0) is 30.0 Å². The van der Waals surface area contributed by atoms with E-state index in [0.717, 1.165) is 23.4 Å². The Hall–Kier alpha value is -1.75. The van der Waals surface area contributed by atoms with Crippen LogP contribution in [0.25, 0.3) is 0 Å². The van der Waals surface area contributed by atoms with Crippen LogP contribution in [0.15, 0.2) is 24.3 Å². The molecule has 0 aliphatic rings. The zero-order valence-electron chi connectivity index (χ0n) is 11.3. The van der Waals surface area contributed by atoms with Crippen molar-refractivity contribution in [3.63, 3.8) is 0 Å². The molecular formula is C14H19FN4. The third-order valence-corrected chi connectivity index (χ3v) is 2.93.